The van der Waals surface area contributed by atoms with Gasteiger partial charge >= 0.3 is 0 Å². The van der Waals surface area contributed by atoms with Crippen LogP contribution in [0.15, 0.2) is 18.2 Å². The van der Waals surface area contributed by atoms with Crippen LogP contribution >= 0.6 is 35.0 Å². The highest BCUT2D eigenvalue weighted by atomic mass is 35.5. The van der Waals surface area contributed by atoms with Crippen molar-refractivity contribution in [2.75, 3.05) is 27.2 Å². The Balaban J connectivity index is 2.21. The first-order valence-electron chi connectivity index (χ1n) is 6.96. The van der Waals surface area contributed by atoms with Crippen LogP contribution in [0.3, 0.4) is 0 Å². The van der Waals surface area contributed by atoms with Gasteiger partial charge in [-0.3, -0.25) is 4.79 Å². The lowest BCUT2D eigenvalue weighted by Gasteiger charge is -2.26. The summed E-state index contributed by atoms with van der Waals surface area (Å²) in [7, 11) is 4.07. The Bertz CT molecular complexity index is 504. The Labute approximate surface area is 140 Å². The van der Waals surface area contributed by atoms with Gasteiger partial charge in [0.1, 0.15) is 5.37 Å². The fourth-order valence-electron chi connectivity index (χ4n) is 2.43. The van der Waals surface area contributed by atoms with Crippen LogP contribution in [0, 0.1) is 0 Å². The highest BCUT2D eigenvalue weighted by Crippen LogP contribution is 2.47. The average molecular weight is 347 g/mol. The number of thioether (sulfide) groups is 1. The first-order chi connectivity index (χ1) is 9.91. The van der Waals surface area contributed by atoms with E-state index in [-0.39, 0.29) is 16.5 Å². The Morgan fingerprint density at radius 2 is 1.90 bits per heavy atom. The summed E-state index contributed by atoms with van der Waals surface area (Å²) < 4.78 is 0. The van der Waals surface area contributed by atoms with Crippen molar-refractivity contribution < 1.29 is 4.79 Å². The van der Waals surface area contributed by atoms with Gasteiger partial charge < -0.3 is 9.80 Å². The summed E-state index contributed by atoms with van der Waals surface area (Å²) in [6.45, 7) is 3.61. The molecule has 0 bridgehead atoms. The van der Waals surface area contributed by atoms with Gasteiger partial charge in [0.05, 0.1) is 5.25 Å². The maximum atomic E-state index is 12.4. The molecule has 0 unspecified atom stereocenters. The van der Waals surface area contributed by atoms with Crippen LogP contribution in [-0.2, 0) is 4.79 Å². The molecule has 1 aromatic rings. The number of halogens is 2. The highest BCUT2D eigenvalue weighted by Gasteiger charge is 2.39. The normalized spacial score (nSPS) is 22.4. The molecular weight excluding hydrogens is 327 g/mol. The molecule has 2 rings (SSSR count). The van der Waals surface area contributed by atoms with E-state index in [4.69, 9.17) is 23.2 Å². The highest BCUT2D eigenvalue weighted by molar-refractivity contribution is 8.01. The minimum absolute atomic E-state index is 0.0540. The molecule has 1 fully saturated rings. The zero-order chi connectivity index (χ0) is 15.6. The first kappa shape index (κ1) is 16.9. The Morgan fingerprint density at radius 1 is 1.29 bits per heavy atom. The number of carbonyl (C=O) groups is 1. The summed E-state index contributed by atoms with van der Waals surface area (Å²) >= 11 is 14.2. The smallest absolute Gasteiger partial charge is 0.236 e. The van der Waals surface area contributed by atoms with E-state index >= 15 is 0 Å². The third kappa shape index (κ3) is 3.86. The minimum atomic E-state index is -0.0872. The summed E-state index contributed by atoms with van der Waals surface area (Å²) in [4.78, 5) is 16.4. The van der Waals surface area contributed by atoms with Crippen LogP contribution in [0.5, 0.6) is 0 Å². The molecule has 0 spiro atoms. The van der Waals surface area contributed by atoms with Gasteiger partial charge in [-0.1, -0.05) is 29.3 Å². The molecule has 1 aliphatic heterocycles. The molecule has 116 valence electrons. The molecule has 21 heavy (non-hydrogen) atoms. The second-order valence-corrected chi connectivity index (χ2v) is 7.69. The maximum absolute atomic E-state index is 12.4. The van der Waals surface area contributed by atoms with Crippen LogP contribution in [0.4, 0.5) is 0 Å². The molecule has 2 atom stereocenters. The Morgan fingerprint density at radius 3 is 2.48 bits per heavy atom. The van der Waals surface area contributed by atoms with Gasteiger partial charge in [-0.05, 0) is 46.1 Å². The summed E-state index contributed by atoms with van der Waals surface area (Å²) in [5.41, 5.74) is 0.855. The van der Waals surface area contributed by atoms with E-state index in [1.807, 2.05) is 44.1 Å². The number of carbonyl (C=O) groups excluding carboxylic acids is 1. The summed E-state index contributed by atoms with van der Waals surface area (Å²) in [6, 6.07) is 5.49. The van der Waals surface area contributed by atoms with Gasteiger partial charge in [0.25, 0.3) is 0 Å². The largest absolute Gasteiger partial charge is 0.325 e. The molecule has 1 amide bonds. The molecule has 0 N–H and O–H groups in total. The number of nitrogens with zero attached hydrogens (tertiary/aromatic N) is 2. The van der Waals surface area contributed by atoms with Crippen molar-refractivity contribution in [1.29, 1.82) is 0 Å². The first-order valence-corrected chi connectivity index (χ1v) is 8.66. The second kappa shape index (κ2) is 7.23. The van der Waals surface area contributed by atoms with Gasteiger partial charge in [0.2, 0.25) is 5.91 Å². The number of rotatable bonds is 5. The Kier molecular flexibility index (Phi) is 5.83. The molecule has 1 aliphatic rings. The van der Waals surface area contributed by atoms with Crippen molar-refractivity contribution in [3.63, 3.8) is 0 Å². The summed E-state index contributed by atoms with van der Waals surface area (Å²) in [6.07, 6.45) is 0.935. The van der Waals surface area contributed by atoms with Crippen LogP contribution in [0.1, 0.15) is 24.3 Å². The number of amides is 1. The van der Waals surface area contributed by atoms with E-state index in [1.165, 1.54) is 0 Å². The molecule has 1 aromatic carbocycles. The zero-order valence-electron chi connectivity index (χ0n) is 12.5. The average Bonchev–Trinajstić information content (AvgIpc) is 2.66. The molecule has 1 saturated heterocycles. The van der Waals surface area contributed by atoms with Gasteiger partial charge in [-0.15, -0.1) is 11.8 Å². The molecular formula is C15H20Cl2N2OS. The van der Waals surface area contributed by atoms with E-state index in [2.05, 4.69) is 4.90 Å². The lowest BCUT2D eigenvalue weighted by Crippen LogP contribution is -2.33. The molecule has 6 heteroatoms. The van der Waals surface area contributed by atoms with Crippen LogP contribution in [0.2, 0.25) is 10.0 Å². The number of hydrogen-bond donors (Lipinski definition) is 0. The SMILES string of the molecule is C[C@H]1S[C@H](c2c(Cl)cccc2Cl)N(CCCN(C)C)C1=O. The van der Waals surface area contributed by atoms with Gasteiger partial charge in [-0.2, -0.15) is 0 Å². The summed E-state index contributed by atoms with van der Waals surface area (Å²) in [5, 5.41) is 1.11. The molecule has 1 heterocycles. The predicted octanol–water partition coefficient (Wildman–Crippen LogP) is 3.91. The number of benzene rings is 1. The third-order valence-electron chi connectivity index (χ3n) is 3.50. The van der Waals surface area contributed by atoms with Crippen molar-refractivity contribution in [3.8, 4) is 0 Å². The van der Waals surface area contributed by atoms with Crippen molar-refractivity contribution in [1.82, 2.24) is 9.80 Å². The van der Waals surface area contributed by atoms with E-state index in [0.29, 0.717) is 10.0 Å². The van der Waals surface area contributed by atoms with Crippen LogP contribution in [-0.4, -0.2) is 48.1 Å². The van der Waals surface area contributed by atoms with Crippen molar-refractivity contribution >= 4 is 40.9 Å². The standard InChI is InChI=1S/C15H20Cl2N2OS/c1-10-14(20)19(9-5-8-18(2)3)15(21-10)13-11(16)6-4-7-12(13)17/h4,6-7,10,15H,5,8-9H2,1-3H3/t10-,15-/m1/s1. The van der Waals surface area contributed by atoms with Crippen LogP contribution < -0.4 is 0 Å². The molecule has 3 nitrogen and oxygen atoms in total. The topological polar surface area (TPSA) is 23.6 Å². The summed E-state index contributed by atoms with van der Waals surface area (Å²) in [5.74, 6) is 0.166. The van der Waals surface area contributed by atoms with Crippen LogP contribution in [0.25, 0.3) is 0 Å². The van der Waals surface area contributed by atoms with Crippen molar-refractivity contribution in [2.24, 2.45) is 0 Å². The Hall–Kier alpha value is -0.420. The zero-order valence-corrected chi connectivity index (χ0v) is 14.8. The van der Waals surface area contributed by atoms with E-state index in [0.717, 1.165) is 25.1 Å². The lowest BCUT2D eigenvalue weighted by atomic mass is 10.2. The van der Waals surface area contributed by atoms with Crippen molar-refractivity contribution in [3.05, 3.63) is 33.8 Å². The van der Waals surface area contributed by atoms with Gasteiger partial charge in [0.15, 0.2) is 0 Å². The van der Waals surface area contributed by atoms with Crippen molar-refractivity contribution in [2.45, 2.75) is 24.0 Å². The van der Waals surface area contributed by atoms with Gasteiger partial charge in [-0.25, -0.2) is 0 Å². The predicted molar refractivity (Wildman–Crippen MR) is 91.1 cm³/mol. The molecule has 0 radical (unpaired) electrons. The molecule has 0 aliphatic carbocycles. The number of hydrogen-bond acceptors (Lipinski definition) is 3. The maximum Gasteiger partial charge on any atom is 0.236 e. The minimum Gasteiger partial charge on any atom is -0.325 e. The lowest BCUT2D eigenvalue weighted by molar-refractivity contribution is -0.129. The second-order valence-electron chi connectivity index (χ2n) is 5.45. The van der Waals surface area contributed by atoms with E-state index in [9.17, 15) is 4.79 Å². The fraction of sp³-hybridized carbons (Fsp3) is 0.533. The molecule has 0 saturated carbocycles. The van der Waals surface area contributed by atoms with E-state index < -0.39 is 0 Å². The molecule has 0 aromatic heterocycles. The van der Waals surface area contributed by atoms with E-state index in [1.54, 1.807) is 11.8 Å². The third-order valence-corrected chi connectivity index (χ3v) is 5.51. The monoisotopic (exact) mass is 346 g/mol. The van der Waals surface area contributed by atoms with Gasteiger partial charge in [0, 0.05) is 22.2 Å². The fourth-order valence-corrected chi connectivity index (χ4v) is 4.55. The quantitative estimate of drug-likeness (QED) is 0.807.